The van der Waals surface area contributed by atoms with Crippen LogP contribution in [0.2, 0.25) is 0 Å². The summed E-state index contributed by atoms with van der Waals surface area (Å²) in [5.74, 6) is 1.71. The van der Waals surface area contributed by atoms with Gasteiger partial charge in [-0.05, 0) is 31.9 Å². The van der Waals surface area contributed by atoms with E-state index in [1.165, 1.54) is 0 Å². The topological polar surface area (TPSA) is 60.2 Å². The highest BCUT2D eigenvalue weighted by molar-refractivity contribution is 5.69. The van der Waals surface area contributed by atoms with Crippen LogP contribution in [0.15, 0.2) is 36.7 Å². The second-order valence-electron chi connectivity index (χ2n) is 5.66. The molecule has 2 rings (SSSR count). The monoisotopic (exact) mass is 330 g/mol. The quantitative estimate of drug-likeness (QED) is 0.493. The summed E-state index contributed by atoms with van der Waals surface area (Å²) in [6.07, 6.45) is 8.24. The molecule has 0 spiro atoms. The molecule has 0 amide bonds. The summed E-state index contributed by atoms with van der Waals surface area (Å²) in [5.41, 5.74) is 0. The zero-order valence-electron chi connectivity index (χ0n) is 14.5. The zero-order chi connectivity index (χ0) is 17.2. The van der Waals surface area contributed by atoms with Crippen molar-refractivity contribution in [3.63, 3.8) is 0 Å². The number of aryl methyl sites for hydroxylation is 1. The van der Waals surface area contributed by atoms with Gasteiger partial charge in [0.05, 0.1) is 6.61 Å². The lowest BCUT2D eigenvalue weighted by atomic mass is 10.1. The molecule has 0 aromatic carbocycles. The van der Waals surface area contributed by atoms with Gasteiger partial charge < -0.3 is 9.64 Å². The normalized spacial score (nSPS) is 10.6. The fourth-order valence-electron chi connectivity index (χ4n) is 2.53. The fourth-order valence-corrected chi connectivity index (χ4v) is 2.53. The van der Waals surface area contributed by atoms with Crippen LogP contribution in [-0.2, 0) is 16.6 Å². The van der Waals surface area contributed by atoms with E-state index in [-0.39, 0.29) is 5.97 Å². The van der Waals surface area contributed by atoms with Crippen molar-refractivity contribution in [1.29, 1.82) is 0 Å². The first-order chi connectivity index (χ1) is 11.7. The fraction of sp³-hybridized carbons (Fsp3) is 0.500. The Bertz CT molecular complexity index is 612. The number of carbonyl (C=O) groups excluding carboxylic acids is 1. The minimum Gasteiger partial charge on any atom is -0.466 e. The van der Waals surface area contributed by atoms with Crippen molar-refractivity contribution in [1.82, 2.24) is 14.8 Å². The molecule has 0 aliphatic rings. The molecule has 24 heavy (non-hydrogen) atoms. The van der Waals surface area contributed by atoms with Gasteiger partial charge in [-0.25, -0.2) is 4.98 Å². The molecule has 0 unspecified atom stereocenters. The third-order valence-electron chi connectivity index (χ3n) is 3.72. The largest absolute Gasteiger partial charge is 0.466 e. The Hall–Kier alpha value is -2.37. The molecule has 6 heteroatoms. The number of nitrogens with zero attached hydrogens (tertiary/aromatic N) is 4. The molecule has 0 saturated heterocycles. The van der Waals surface area contributed by atoms with Crippen LogP contribution in [0.3, 0.4) is 0 Å². The summed E-state index contributed by atoms with van der Waals surface area (Å²) in [6.45, 7) is 3.15. The summed E-state index contributed by atoms with van der Waals surface area (Å²) in [7, 11) is 1.91. The molecule has 0 atom stereocenters. The van der Waals surface area contributed by atoms with Crippen LogP contribution in [-0.4, -0.2) is 33.9 Å². The molecule has 0 aliphatic heterocycles. The van der Waals surface area contributed by atoms with Crippen molar-refractivity contribution in [3.8, 4) is 0 Å². The maximum absolute atomic E-state index is 11.3. The second-order valence-corrected chi connectivity index (χ2v) is 5.66. The molecular formula is C18H26N4O2. The van der Waals surface area contributed by atoms with Gasteiger partial charge in [-0.3, -0.25) is 9.48 Å². The third kappa shape index (κ3) is 5.68. The van der Waals surface area contributed by atoms with Gasteiger partial charge in [0, 0.05) is 38.5 Å². The van der Waals surface area contributed by atoms with E-state index in [0.29, 0.717) is 13.0 Å². The second kappa shape index (κ2) is 9.70. The van der Waals surface area contributed by atoms with E-state index < -0.39 is 0 Å². The summed E-state index contributed by atoms with van der Waals surface area (Å²) in [5, 5.41) is 4.49. The van der Waals surface area contributed by atoms with E-state index in [4.69, 9.17) is 4.74 Å². The number of rotatable bonds is 10. The zero-order valence-corrected chi connectivity index (χ0v) is 14.5. The number of unbranched alkanes of at least 4 members (excludes halogenated alkanes) is 3. The molecule has 130 valence electrons. The number of pyridine rings is 1. The van der Waals surface area contributed by atoms with Crippen LogP contribution in [0.1, 0.15) is 39.0 Å². The lowest BCUT2D eigenvalue weighted by molar-refractivity contribution is -0.143. The number of carbonyl (C=O) groups is 1. The Balaban J connectivity index is 1.81. The minimum absolute atomic E-state index is 0.0962. The lowest BCUT2D eigenvalue weighted by Crippen LogP contribution is -2.20. The molecule has 2 heterocycles. The van der Waals surface area contributed by atoms with E-state index in [0.717, 1.165) is 43.9 Å². The average Bonchev–Trinajstić information content (AvgIpc) is 3.01. The number of anilines is 2. The van der Waals surface area contributed by atoms with Crippen molar-refractivity contribution >= 4 is 17.6 Å². The molecule has 0 bridgehead atoms. The third-order valence-corrected chi connectivity index (χ3v) is 3.72. The van der Waals surface area contributed by atoms with E-state index in [1.54, 1.807) is 10.9 Å². The molecule has 0 aliphatic carbocycles. The molecule has 0 radical (unpaired) electrons. The van der Waals surface area contributed by atoms with Crippen LogP contribution in [0.5, 0.6) is 0 Å². The highest BCUT2D eigenvalue weighted by Crippen LogP contribution is 2.22. The molecule has 0 saturated carbocycles. The number of hydrogen-bond donors (Lipinski definition) is 0. The first kappa shape index (κ1) is 18.0. The van der Waals surface area contributed by atoms with Crippen molar-refractivity contribution in [2.45, 2.75) is 39.0 Å². The van der Waals surface area contributed by atoms with Gasteiger partial charge in [-0.15, -0.1) is 0 Å². The Morgan fingerprint density at radius 2 is 2.00 bits per heavy atom. The summed E-state index contributed by atoms with van der Waals surface area (Å²) >= 11 is 0. The van der Waals surface area contributed by atoms with Gasteiger partial charge in [-0.1, -0.05) is 18.9 Å². The molecule has 0 N–H and O–H groups in total. The van der Waals surface area contributed by atoms with Crippen molar-refractivity contribution in [2.24, 2.45) is 7.05 Å². The lowest BCUT2D eigenvalue weighted by Gasteiger charge is -2.21. The Labute approximate surface area is 143 Å². The first-order valence-electron chi connectivity index (χ1n) is 8.54. The van der Waals surface area contributed by atoms with Crippen LogP contribution in [0.25, 0.3) is 0 Å². The van der Waals surface area contributed by atoms with Gasteiger partial charge in [0.1, 0.15) is 5.82 Å². The van der Waals surface area contributed by atoms with Gasteiger partial charge in [0.15, 0.2) is 5.82 Å². The minimum atomic E-state index is -0.0962. The molecule has 6 nitrogen and oxygen atoms in total. The van der Waals surface area contributed by atoms with Crippen LogP contribution >= 0.6 is 0 Å². The first-order valence-corrected chi connectivity index (χ1v) is 8.54. The van der Waals surface area contributed by atoms with Crippen LogP contribution in [0.4, 0.5) is 11.6 Å². The van der Waals surface area contributed by atoms with Crippen molar-refractivity contribution < 1.29 is 9.53 Å². The number of ether oxygens (including phenoxy) is 1. The molecular weight excluding hydrogens is 304 g/mol. The van der Waals surface area contributed by atoms with E-state index in [9.17, 15) is 4.79 Å². The number of aromatic nitrogens is 3. The highest BCUT2D eigenvalue weighted by atomic mass is 16.5. The maximum Gasteiger partial charge on any atom is 0.305 e. The van der Waals surface area contributed by atoms with Crippen molar-refractivity contribution in [3.05, 3.63) is 36.7 Å². The van der Waals surface area contributed by atoms with Gasteiger partial charge in [-0.2, -0.15) is 5.10 Å². The Morgan fingerprint density at radius 3 is 2.67 bits per heavy atom. The predicted molar refractivity (Wildman–Crippen MR) is 94.2 cm³/mol. The van der Waals surface area contributed by atoms with E-state index >= 15 is 0 Å². The van der Waals surface area contributed by atoms with E-state index in [1.807, 2.05) is 44.4 Å². The summed E-state index contributed by atoms with van der Waals surface area (Å²) in [6, 6.07) is 7.89. The molecule has 0 fully saturated rings. The smallest absolute Gasteiger partial charge is 0.305 e. The summed E-state index contributed by atoms with van der Waals surface area (Å²) in [4.78, 5) is 17.9. The van der Waals surface area contributed by atoms with Crippen LogP contribution < -0.4 is 4.90 Å². The predicted octanol–water partition coefficient (Wildman–Crippen LogP) is 3.47. The number of esters is 1. The standard InChI is InChI=1S/C18H26N4O2/c1-3-24-18(23)11-6-4-5-9-14-22(16-10-7-8-13-19-16)17-12-15-21(2)20-17/h7-8,10,12-13,15H,3-6,9,11,14H2,1-2H3. The average molecular weight is 330 g/mol. The van der Waals surface area contributed by atoms with Gasteiger partial charge in [0.2, 0.25) is 0 Å². The SMILES string of the molecule is CCOC(=O)CCCCCCN(c1ccccn1)c1ccn(C)n1. The summed E-state index contributed by atoms with van der Waals surface area (Å²) < 4.78 is 6.73. The maximum atomic E-state index is 11.3. The Kier molecular flexibility index (Phi) is 7.26. The van der Waals surface area contributed by atoms with E-state index in [2.05, 4.69) is 15.0 Å². The Morgan fingerprint density at radius 1 is 1.17 bits per heavy atom. The van der Waals surface area contributed by atoms with Gasteiger partial charge in [0.25, 0.3) is 0 Å². The number of hydrogen-bond acceptors (Lipinski definition) is 5. The molecule has 2 aromatic rings. The van der Waals surface area contributed by atoms with Crippen LogP contribution in [0, 0.1) is 0 Å². The van der Waals surface area contributed by atoms with Gasteiger partial charge >= 0.3 is 5.97 Å². The highest BCUT2D eigenvalue weighted by Gasteiger charge is 2.12. The molecule has 2 aromatic heterocycles. The van der Waals surface area contributed by atoms with Crippen molar-refractivity contribution in [2.75, 3.05) is 18.1 Å².